The molecular formula is C48H64N2O7. The number of hydroxylamine groups is 2. The molecule has 9 nitrogen and oxygen atoms in total. The predicted molar refractivity (Wildman–Crippen MR) is 225 cm³/mol. The van der Waals surface area contributed by atoms with Crippen molar-refractivity contribution in [3.05, 3.63) is 108 Å². The highest BCUT2D eigenvalue weighted by Crippen LogP contribution is 2.41. The molecule has 1 amide bonds. The number of nitrogens with zero attached hydrogens (tertiary/aromatic N) is 1. The van der Waals surface area contributed by atoms with E-state index in [-0.39, 0.29) is 42.1 Å². The van der Waals surface area contributed by atoms with Crippen molar-refractivity contribution in [3.8, 4) is 5.75 Å². The Labute approximate surface area is 340 Å². The molecule has 1 aliphatic heterocycles. The minimum atomic E-state index is -0.746. The van der Waals surface area contributed by atoms with Crippen LogP contribution in [0.15, 0.2) is 91.0 Å². The van der Waals surface area contributed by atoms with Gasteiger partial charge in [0, 0.05) is 40.6 Å². The third-order valence-corrected chi connectivity index (χ3v) is 11.0. The smallest absolute Gasteiger partial charge is 0.330 e. The maximum Gasteiger partial charge on any atom is 0.330 e. The van der Waals surface area contributed by atoms with Gasteiger partial charge in [-0.05, 0) is 100 Å². The maximum absolute atomic E-state index is 14.2. The second-order valence-electron chi connectivity index (χ2n) is 18.3. The second kappa shape index (κ2) is 19.2. The summed E-state index contributed by atoms with van der Waals surface area (Å²) in [6, 6.07) is 25.8. The summed E-state index contributed by atoms with van der Waals surface area (Å²) in [5, 5.41) is 5.41. The van der Waals surface area contributed by atoms with Gasteiger partial charge in [0.25, 0.3) is 0 Å². The first kappa shape index (κ1) is 45.1. The number of carbonyl (C=O) groups is 4. The number of hydrogen-bond acceptors (Lipinski definition) is 8. The van der Waals surface area contributed by atoms with E-state index < -0.39 is 34.3 Å². The molecule has 1 aliphatic rings. The van der Waals surface area contributed by atoms with Crippen LogP contribution in [0.3, 0.4) is 0 Å². The highest BCUT2D eigenvalue weighted by atomic mass is 16.7. The fraction of sp³-hybridized carbons (Fsp3) is 0.500. The Hall–Kier alpha value is -4.60. The Morgan fingerprint density at radius 3 is 1.98 bits per heavy atom. The molecule has 3 unspecified atom stereocenters. The van der Waals surface area contributed by atoms with Crippen LogP contribution >= 0.6 is 0 Å². The largest absolute Gasteiger partial charge is 0.466 e. The molecule has 9 heteroatoms. The summed E-state index contributed by atoms with van der Waals surface area (Å²) in [5.74, 6) is -1.57. The van der Waals surface area contributed by atoms with E-state index in [1.54, 1.807) is 30.3 Å². The summed E-state index contributed by atoms with van der Waals surface area (Å²) in [6.07, 6.45) is 6.29. The monoisotopic (exact) mass is 780 g/mol. The summed E-state index contributed by atoms with van der Waals surface area (Å²) in [6.45, 7) is 19.1. The SMILES string of the molecule is CCC(C)(CC(C)(C)C)C(=O)NC1CC(C)(C)N(OCC(CC(CC(=O)c2ccccc2)c2ccccc2)C(=O)Oc2ccc(/C=C/C(=O)OC)cc2)C(C)(C)C1. The highest BCUT2D eigenvalue weighted by molar-refractivity contribution is 5.96. The molecule has 0 spiro atoms. The highest BCUT2D eigenvalue weighted by Gasteiger charge is 2.48. The van der Waals surface area contributed by atoms with Gasteiger partial charge in [-0.3, -0.25) is 19.2 Å². The van der Waals surface area contributed by atoms with Crippen molar-refractivity contribution >= 4 is 29.7 Å². The minimum Gasteiger partial charge on any atom is -0.466 e. The fourth-order valence-electron chi connectivity index (χ4n) is 8.46. The third kappa shape index (κ3) is 13.0. The predicted octanol–water partition coefficient (Wildman–Crippen LogP) is 9.76. The van der Waals surface area contributed by atoms with E-state index in [0.717, 1.165) is 24.0 Å². The minimum absolute atomic E-state index is 0.0103. The van der Waals surface area contributed by atoms with Crippen LogP contribution in [-0.4, -0.2) is 59.5 Å². The van der Waals surface area contributed by atoms with Crippen LogP contribution in [0, 0.1) is 16.7 Å². The number of amides is 1. The number of rotatable bonds is 17. The molecule has 1 N–H and O–H groups in total. The zero-order chi connectivity index (χ0) is 42.0. The number of hydrogen-bond donors (Lipinski definition) is 1. The fourth-order valence-corrected chi connectivity index (χ4v) is 8.46. The molecule has 3 aromatic carbocycles. The van der Waals surface area contributed by atoms with E-state index in [0.29, 0.717) is 30.6 Å². The molecule has 0 aromatic heterocycles. The van der Waals surface area contributed by atoms with Crippen LogP contribution < -0.4 is 10.1 Å². The molecule has 0 aliphatic carbocycles. The molecular weight excluding hydrogens is 717 g/mol. The Morgan fingerprint density at radius 1 is 0.860 bits per heavy atom. The van der Waals surface area contributed by atoms with Crippen LogP contribution in [-0.2, 0) is 24.0 Å². The molecule has 4 rings (SSSR count). The zero-order valence-corrected chi connectivity index (χ0v) is 35.7. The van der Waals surface area contributed by atoms with Crippen LogP contribution in [0.2, 0.25) is 0 Å². The number of esters is 2. The Kier molecular flexibility index (Phi) is 15.2. The Bertz CT molecular complexity index is 1810. The summed E-state index contributed by atoms with van der Waals surface area (Å²) in [7, 11) is 1.32. The van der Waals surface area contributed by atoms with E-state index in [4.69, 9.17) is 9.57 Å². The van der Waals surface area contributed by atoms with Gasteiger partial charge >= 0.3 is 11.9 Å². The second-order valence-corrected chi connectivity index (χ2v) is 18.3. The van der Waals surface area contributed by atoms with Gasteiger partial charge in [0.2, 0.25) is 5.91 Å². The lowest BCUT2D eigenvalue weighted by Gasteiger charge is -2.54. The number of Topliss-reactive ketones (excluding diaryl/α,β-unsaturated/α-hetero) is 1. The standard InChI is InChI=1S/C48H64N2O7/c1-11-48(9,33-45(2,3)4)44(54)49-39-30-46(5,6)50(47(7,8)31-39)56-32-38(43(53)57-40-25-22-34(23-26-40)24-27-42(52)55-10)28-37(35-18-14-12-15-19-35)29-41(51)36-20-16-13-17-21-36/h12-27,37-39H,11,28-33H2,1-10H3,(H,49,54)/b27-24+. The van der Waals surface area contributed by atoms with Crippen molar-refractivity contribution in [1.82, 2.24) is 10.4 Å². The lowest BCUT2D eigenvalue weighted by Crippen LogP contribution is -2.65. The first-order chi connectivity index (χ1) is 26.7. The van der Waals surface area contributed by atoms with Crippen molar-refractivity contribution in [3.63, 3.8) is 0 Å². The van der Waals surface area contributed by atoms with Gasteiger partial charge in [-0.25, -0.2) is 4.79 Å². The molecule has 0 bridgehead atoms. The van der Waals surface area contributed by atoms with Crippen LogP contribution in [0.5, 0.6) is 5.75 Å². The van der Waals surface area contributed by atoms with E-state index >= 15 is 0 Å². The van der Waals surface area contributed by atoms with Crippen molar-refractivity contribution < 1.29 is 33.5 Å². The number of methoxy groups -OCH3 is 1. The first-order valence-corrected chi connectivity index (χ1v) is 20.2. The summed E-state index contributed by atoms with van der Waals surface area (Å²) in [5.41, 5.74) is 0.825. The van der Waals surface area contributed by atoms with E-state index in [2.05, 4.69) is 72.4 Å². The number of carbonyl (C=O) groups excluding carboxylic acids is 4. The average molecular weight is 781 g/mol. The number of ether oxygens (including phenoxy) is 2. The third-order valence-electron chi connectivity index (χ3n) is 11.0. The van der Waals surface area contributed by atoms with Crippen molar-refractivity contribution in [2.75, 3.05) is 13.7 Å². The molecule has 1 saturated heterocycles. The number of piperidine rings is 1. The van der Waals surface area contributed by atoms with Crippen LogP contribution in [0.1, 0.15) is 128 Å². The molecule has 57 heavy (non-hydrogen) atoms. The molecule has 0 saturated carbocycles. The Balaban J connectivity index is 1.59. The van der Waals surface area contributed by atoms with Gasteiger partial charge < -0.3 is 14.8 Å². The lowest BCUT2D eigenvalue weighted by atomic mass is 9.72. The average Bonchev–Trinajstić information content (AvgIpc) is 3.15. The molecule has 0 radical (unpaired) electrons. The molecule has 3 aromatic rings. The van der Waals surface area contributed by atoms with Gasteiger partial charge in [-0.15, -0.1) is 0 Å². The van der Waals surface area contributed by atoms with Crippen LogP contribution in [0.25, 0.3) is 6.08 Å². The van der Waals surface area contributed by atoms with E-state index in [9.17, 15) is 19.2 Å². The summed E-state index contributed by atoms with van der Waals surface area (Å²) < 4.78 is 10.7. The number of ketones is 1. The van der Waals surface area contributed by atoms with Crippen LogP contribution in [0.4, 0.5) is 0 Å². The number of benzene rings is 3. The normalized spacial score (nSPS) is 17.9. The molecule has 3 atom stereocenters. The Morgan fingerprint density at radius 2 is 1.44 bits per heavy atom. The van der Waals surface area contributed by atoms with Gasteiger partial charge in [0.05, 0.1) is 19.6 Å². The zero-order valence-electron chi connectivity index (χ0n) is 35.7. The molecule has 1 fully saturated rings. The molecule has 1 heterocycles. The summed E-state index contributed by atoms with van der Waals surface area (Å²) in [4.78, 5) is 60.0. The van der Waals surface area contributed by atoms with Gasteiger partial charge in [0.1, 0.15) is 5.75 Å². The van der Waals surface area contributed by atoms with E-state index in [1.807, 2.05) is 65.7 Å². The van der Waals surface area contributed by atoms with Crippen molar-refractivity contribution in [2.45, 2.75) is 124 Å². The van der Waals surface area contributed by atoms with Gasteiger partial charge in [-0.2, -0.15) is 5.06 Å². The quantitative estimate of drug-likeness (QED) is 0.0624. The maximum atomic E-state index is 14.2. The lowest BCUT2D eigenvalue weighted by molar-refractivity contribution is -0.289. The first-order valence-electron chi connectivity index (χ1n) is 20.2. The van der Waals surface area contributed by atoms with E-state index in [1.165, 1.54) is 13.2 Å². The van der Waals surface area contributed by atoms with Gasteiger partial charge in [0.15, 0.2) is 5.78 Å². The summed E-state index contributed by atoms with van der Waals surface area (Å²) >= 11 is 0. The van der Waals surface area contributed by atoms with Crippen molar-refractivity contribution in [2.24, 2.45) is 16.7 Å². The molecule has 308 valence electrons. The number of nitrogens with one attached hydrogen (secondary N) is 1. The van der Waals surface area contributed by atoms with Gasteiger partial charge in [-0.1, -0.05) is 107 Å². The topological polar surface area (TPSA) is 111 Å². The van der Waals surface area contributed by atoms with Crippen molar-refractivity contribution in [1.29, 1.82) is 0 Å².